The number of rotatable bonds is 8. The minimum absolute atomic E-state index is 0.278. The van der Waals surface area contributed by atoms with E-state index in [0.717, 1.165) is 62.3 Å². The van der Waals surface area contributed by atoms with Gasteiger partial charge in [0.1, 0.15) is 18.7 Å². The van der Waals surface area contributed by atoms with E-state index in [1.807, 2.05) is 34.9 Å². The zero-order valence-electron chi connectivity index (χ0n) is 18.6. The van der Waals surface area contributed by atoms with Crippen molar-refractivity contribution in [2.75, 3.05) is 32.7 Å². The van der Waals surface area contributed by atoms with Crippen LogP contribution in [0.1, 0.15) is 23.6 Å². The summed E-state index contributed by atoms with van der Waals surface area (Å²) in [7, 11) is 0. The number of aryl methyl sites for hydroxylation is 1. The summed E-state index contributed by atoms with van der Waals surface area (Å²) >= 11 is 0. The lowest BCUT2D eigenvalue weighted by molar-refractivity contribution is -0.124. The van der Waals surface area contributed by atoms with Gasteiger partial charge >= 0.3 is 0 Å². The molecule has 4 aromatic rings. The summed E-state index contributed by atoms with van der Waals surface area (Å²) in [5.41, 5.74) is 10.3. The molecule has 0 spiro atoms. The number of nitrogens with two attached hydrogens (primary N) is 1. The lowest BCUT2D eigenvalue weighted by Crippen LogP contribution is -2.50. The van der Waals surface area contributed by atoms with E-state index in [1.54, 1.807) is 12.7 Å². The maximum Gasteiger partial charge on any atom is 0.239 e. The smallest absolute Gasteiger partial charge is 0.239 e. The fourth-order valence-corrected chi connectivity index (χ4v) is 4.80. The SMILES string of the molecule is NC(=O)[C@@H](c1ccccc1)N1CCN(CCCc2c[nH]c3ccc(-n4cnnc4)cc23)CC1. The fourth-order valence-electron chi connectivity index (χ4n) is 4.80. The van der Waals surface area contributed by atoms with Crippen LogP contribution in [0.15, 0.2) is 67.4 Å². The first-order valence-electron chi connectivity index (χ1n) is 11.4. The predicted molar refractivity (Wildman–Crippen MR) is 128 cm³/mol. The molecule has 33 heavy (non-hydrogen) atoms. The number of H-pyrrole nitrogens is 1. The number of fused-ring (bicyclic) bond motifs is 1. The van der Waals surface area contributed by atoms with E-state index in [-0.39, 0.29) is 11.9 Å². The number of amides is 1. The molecule has 1 atom stereocenters. The highest BCUT2D eigenvalue weighted by Gasteiger charge is 2.28. The van der Waals surface area contributed by atoms with Crippen LogP contribution in [0.5, 0.6) is 0 Å². The Kier molecular flexibility index (Phi) is 6.19. The zero-order valence-corrected chi connectivity index (χ0v) is 18.6. The molecule has 0 saturated carbocycles. The Hall–Kier alpha value is -3.49. The molecule has 8 heteroatoms. The number of nitrogens with one attached hydrogen (secondary N) is 1. The third-order valence-corrected chi connectivity index (χ3v) is 6.55. The molecule has 1 saturated heterocycles. The van der Waals surface area contributed by atoms with Gasteiger partial charge in [-0.1, -0.05) is 30.3 Å². The average Bonchev–Trinajstić information content (AvgIpc) is 3.51. The van der Waals surface area contributed by atoms with Gasteiger partial charge in [0.05, 0.1) is 0 Å². The molecule has 5 rings (SSSR count). The molecular weight excluding hydrogens is 414 g/mol. The van der Waals surface area contributed by atoms with Crippen LogP contribution in [0.4, 0.5) is 0 Å². The van der Waals surface area contributed by atoms with E-state index in [1.165, 1.54) is 10.9 Å². The Bertz CT molecular complexity index is 1190. The summed E-state index contributed by atoms with van der Waals surface area (Å²) in [5.74, 6) is -0.278. The molecule has 2 aromatic heterocycles. The van der Waals surface area contributed by atoms with Crippen molar-refractivity contribution in [2.24, 2.45) is 5.73 Å². The van der Waals surface area contributed by atoms with Crippen LogP contribution in [0.3, 0.4) is 0 Å². The number of primary amides is 1. The number of hydrogen-bond acceptors (Lipinski definition) is 5. The minimum Gasteiger partial charge on any atom is -0.368 e. The van der Waals surface area contributed by atoms with Gasteiger partial charge in [-0.2, -0.15) is 0 Å². The highest BCUT2D eigenvalue weighted by atomic mass is 16.1. The third kappa shape index (κ3) is 4.67. The van der Waals surface area contributed by atoms with Crippen LogP contribution in [0.2, 0.25) is 0 Å². The average molecular weight is 444 g/mol. The predicted octanol–water partition coefficient (Wildman–Crippen LogP) is 2.53. The number of aromatic nitrogens is 4. The van der Waals surface area contributed by atoms with Crippen molar-refractivity contribution in [3.63, 3.8) is 0 Å². The summed E-state index contributed by atoms with van der Waals surface area (Å²) in [6.45, 7) is 4.62. The van der Waals surface area contributed by atoms with Gasteiger partial charge < -0.3 is 15.6 Å². The molecule has 8 nitrogen and oxygen atoms in total. The van der Waals surface area contributed by atoms with Crippen molar-refractivity contribution in [1.82, 2.24) is 29.5 Å². The van der Waals surface area contributed by atoms with Gasteiger partial charge in [-0.15, -0.1) is 10.2 Å². The van der Waals surface area contributed by atoms with Crippen molar-refractivity contribution in [1.29, 1.82) is 0 Å². The standard InChI is InChI=1S/C25H29N7O/c26-25(33)24(19-5-2-1-3-6-19)31-13-11-30(12-14-31)10-4-7-20-16-27-23-9-8-21(15-22(20)23)32-17-28-29-18-32/h1-3,5-6,8-9,15-18,24,27H,4,7,10-14H2,(H2,26,33)/t24-/m1/s1. The Morgan fingerprint density at radius 3 is 2.52 bits per heavy atom. The number of nitrogens with zero attached hydrogens (tertiary/aromatic N) is 5. The van der Waals surface area contributed by atoms with Gasteiger partial charge in [-0.05, 0) is 48.7 Å². The Balaban J connectivity index is 1.16. The van der Waals surface area contributed by atoms with Crippen LogP contribution >= 0.6 is 0 Å². The highest BCUT2D eigenvalue weighted by Crippen LogP contribution is 2.24. The van der Waals surface area contributed by atoms with E-state index < -0.39 is 0 Å². The molecule has 170 valence electrons. The number of benzene rings is 2. The van der Waals surface area contributed by atoms with Crippen molar-refractivity contribution >= 4 is 16.8 Å². The quantitative estimate of drug-likeness (QED) is 0.436. The van der Waals surface area contributed by atoms with Gasteiger partial charge in [0, 0.05) is 49.0 Å². The molecule has 0 aliphatic carbocycles. The van der Waals surface area contributed by atoms with Gasteiger partial charge in [-0.3, -0.25) is 14.3 Å². The first-order valence-corrected chi connectivity index (χ1v) is 11.4. The van der Waals surface area contributed by atoms with E-state index in [9.17, 15) is 4.79 Å². The molecule has 0 bridgehead atoms. The van der Waals surface area contributed by atoms with Crippen LogP contribution in [0.25, 0.3) is 16.6 Å². The van der Waals surface area contributed by atoms with Crippen molar-refractivity contribution < 1.29 is 4.79 Å². The highest BCUT2D eigenvalue weighted by molar-refractivity contribution is 5.85. The summed E-state index contributed by atoms with van der Waals surface area (Å²) < 4.78 is 1.92. The monoisotopic (exact) mass is 443 g/mol. The first-order chi connectivity index (χ1) is 16.2. The molecule has 1 amide bonds. The maximum absolute atomic E-state index is 12.1. The molecular formula is C25H29N7O. The number of piperazine rings is 1. The Morgan fingerprint density at radius 2 is 1.79 bits per heavy atom. The van der Waals surface area contributed by atoms with Crippen molar-refractivity contribution in [3.8, 4) is 5.69 Å². The lowest BCUT2D eigenvalue weighted by Gasteiger charge is -2.38. The molecule has 1 aliphatic heterocycles. The maximum atomic E-state index is 12.1. The third-order valence-electron chi connectivity index (χ3n) is 6.55. The first kappa shape index (κ1) is 21.4. The lowest BCUT2D eigenvalue weighted by atomic mass is 10.0. The zero-order chi connectivity index (χ0) is 22.6. The van der Waals surface area contributed by atoms with E-state index >= 15 is 0 Å². The topological polar surface area (TPSA) is 96.1 Å². The van der Waals surface area contributed by atoms with Crippen molar-refractivity contribution in [2.45, 2.75) is 18.9 Å². The second-order valence-corrected chi connectivity index (χ2v) is 8.61. The van der Waals surface area contributed by atoms with E-state index in [2.05, 4.69) is 49.4 Å². The van der Waals surface area contributed by atoms with Crippen LogP contribution in [0, 0.1) is 0 Å². The molecule has 3 heterocycles. The van der Waals surface area contributed by atoms with Gasteiger partial charge in [-0.25, -0.2) is 0 Å². The van der Waals surface area contributed by atoms with Gasteiger partial charge in [0.2, 0.25) is 5.91 Å². The molecule has 1 fully saturated rings. The number of carbonyl (C=O) groups is 1. The summed E-state index contributed by atoms with van der Waals surface area (Å²) in [4.78, 5) is 20.2. The molecule has 0 radical (unpaired) electrons. The largest absolute Gasteiger partial charge is 0.368 e. The minimum atomic E-state index is -0.348. The number of aromatic amines is 1. The van der Waals surface area contributed by atoms with E-state index in [0.29, 0.717) is 0 Å². The summed E-state index contributed by atoms with van der Waals surface area (Å²) in [6.07, 6.45) is 7.65. The molecule has 0 unspecified atom stereocenters. The van der Waals surface area contributed by atoms with Crippen LogP contribution < -0.4 is 5.73 Å². The van der Waals surface area contributed by atoms with Gasteiger partial charge in [0.25, 0.3) is 0 Å². The second-order valence-electron chi connectivity index (χ2n) is 8.61. The molecule has 1 aliphatic rings. The van der Waals surface area contributed by atoms with Crippen molar-refractivity contribution in [3.05, 3.63) is 78.5 Å². The normalized spacial score (nSPS) is 16.2. The Labute approximate surface area is 193 Å². The second kappa shape index (κ2) is 9.56. The van der Waals surface area contributed by atoms with Gasteiger partial charge in [0.15, 0.2) is 0 Å². The fraction of sp³-hybridized carbons (Fsp3) is 0.320. The number of carbonyl (C=O) groups excluding carboxylic acids is 1. The summed E-state index contributed by atoms with van der Waals surface area (Å²) in [6, 6.07) is 15.9. The molecule has 2 aromatic carbocycles. The van der Waals surface area contributed by atoms with Crippen LogP contribution in [-0.2, 0) is 11.2 Å². The van der Waals surface area contributed by atoms with E-state index in [4.69, 9.17) is 5.73 Å². The van der Waals surface area contributed by atoms with Crippen LogP contribution in [-0.4, -0.2) is 68.2 Å². The Morgan fingerprint density at radius 1 is 1.03 bits per heavy atom. The number of hydrogen-bond donors (Lipinski definition) is 2. The molecule has 3 N–H and O–H groups in total. The summed E-state index contributed by atoms with van der Waals surface area (Å²) in [5, 5.41) is 9.06.